The molecule has 40 heavy (non-hydrogen) atoms. The van der Waals surface area contributed by atoms with Gasteiger partial charge < -0.3 is 4.90 Å². The summed E-state index contributed by atoms with van der Waals surface area (Å²) in [6.07, 6.45) is 0.587. The lowest BCUT2D eigenvalue weighted by Crippen LogP contribution is -2.30. The number of nitrogens with zero attached hydrogens (tertiary/aromatic N) is 5. The molecule has 1 aliphatic heterocycles. The van der Waals surface area contributed by atoms with Gasteiger partial charge in [-0.25, -0.2) is 14.2 Å². The molecule has 0 spiro atoms. The summed E-state index contributed by atoms with van der Waals surface area (Å²) in [7, 11) is 1.79. The van der Waals surface area contributed by atoms with Crippen LogP contribution >= 0.6 is 27.7 Å². The lowest BCUT2D eigenvalue weighted by Gasteiger charge is -2.18. The van der Waals surface area contributed by atoms with Crippen LogP contribution in [-0.2, 0) is 11.8 Å². The van der Waals surface area contributed by atoms with Gasteiger partial charge in [0.1, 0.15) is 5.69 Å². The normalized spacial score (nSPS) is 15.3. The van der Waals surface area contributed by atoms with Crippen molar-refractivity contribution < 1.29 is 4.79 Å². The molecule has 1 unspecified atom stereocenters. The predicted molar refractivity (Wildman–Crippen MR) is 162 cm³/mol. The Bertz CT molecular complexity index is 1910. The zero-order valence-electron chi connectivity index (χ0n) is 22.2. The average molecular weight is 617 g/mol. The standard InChI is InChI=1S/C30H26BrN5O3S/c1-18-17-21(13-14-23(18)31)34-16-15-25(28(34)38)40-30-32-24-12-8-7-11-22(24)27(37)35(30)26-19(2)33(3)36(29(26)39)20-9-5-4-6-10-20/h4-14,17,25H,15-16H2,1-3H3. The number of rotatable bonds is 5. The molecular formula is C30H26BrN5O3S. The highest BCUT2D eigenvalue weighted by Gasteiger charge is 2.35. The van der Waals surface area contributed by atoms with E-state index in [1.807, 2.05) is 68.4 Å². The highest BCUT2D eigenvalue weighted by Crippen LogP contribution is 2.34. The molecule has 2 aromatic heterocycles. The van der Waals surface area contributed by atoms with Crippen LogP contribution in [0.3, 0.4) is 0 Å². The second-order valence-corrected chi connectivity index (χ2v) is 11.8. The molecule has 1 fully saturated rings. The van der Waals surface area contributed by atoms with Crippen LogP contribution in [0.1, 0.15) is 17.7 Å². The van der Waals surface area contributed by atoms with Crippen LogP contribution in [0.2, 0.25) is 0 Å². The summed E-state index contributed by atoms with van der Waals surface area (Å²) in [5.41, 5.74) is 3.24. The third-order valence-electron chi connectivity index (χ3n) is 7.35. The summed E-state index contributed by atoms with van der Waals surface area (Å²) in [5.74, 6) is -0.0489. The number of thioether (sulfide) groups is 1. The maximum absolute atomic E-state index is 14.0. The van der Waals surface area contributed by atoms with Gasteiger partial charge in [0.15, 0.2) is 5.16 Å². The number of carbonyl (C=O) groups excluding carboxylic acids is 1. The number of hydrogen-bond donors (Lipinski definition) is 0. The third-order valence-corrected chi connectivity index (χ3v) is 9.45. The number of aryl methyl sites for hydroxylation is 1. The number of halogens is 1. The van der Waals surface area contributed by atoms with E-state index in [4.69, 9.17) is 4.98 Å². The molecule has 0 aliphatic carbocycles. The van der Waals surface area contributed by atoms with Crippen LogP contribution in [0.5, 0.6) is 0 Å². The number of carbonyl (C=O) groups is 1. The maximum atomic E-state index is 14.0. The van der Waals surface area contributed by atoms with E-state index >= 15 is 0 Å². The van der Waals surface area contributed by atoms with E-state index in [-0.39, 0.29) is 22.7 Å². The van der Waals surface area contributed by atoms with E-state index in [0.29, 0.717) is 40.4 Å². The van der Waals surface area contributed by atoms with Crippen molar-refractivity contribution in [3.8, 4) is 11.4 Å². The fourth-order valence-corrected chi connectivity index (χ4v) is 6.53. The average Bonchev–Trinajstić information content (AvgIpc) is 3.42. The van der Waals surface area contributed by atoms with Crippen molar-refractivity contribution >= 4 is 50.2 Å². The molecule has 3 heterocycles. The molecular weight excluding hydrogens is 590 g/mol. The Kier molecular flexibility index (Phi) is 6.75. The topological polar surface area (TPSA) is 82.1 Å². The highest BCUT2D eigenvalue weighted by atomic mass is 79.9. The number of benzene rings is 3. The van der Waals surface area contributed by atoms with Crippen LogP contribution in [0.4, 0.5) is 5.69 Å². The molecule has 10 heteroatoms. The molecule has 0 radical (unpaired) electrons. The first-order chi connectivity index (χ1) is 19.3. The van der Waals surface area contributed by atoms with Crippen molar-refractivity contribution in [3.63, 3.8) is 0 Å². The number of hydrogen-bond acceptors (Lipinski definition) is 5. The molecule has 1 aliphatic rings. The Labute approximate surface area is 243 Å². The summed E-state index contributed by atoms with van der Waals surface area (Å²) in [4.78, 5) is 48.1. The van der Waals surface area contributed by atoms with Gasteiger partial charge in [0.2, 0.25) is 5.91 Å². The van der Waals surface area contributed by atoms with Gasteiger partial charge in [0, 0.05) is 23.8 Å². The highest BCUT2D eigenvalue weighted by molar-refractivity contribution is 9.10. The number of aromatic nitrogens is 4. The van der Waals surface area contributed by atoms with Gasteiger partial charge in [-0.15, -0.1) is 0 Å². The van der Waals surface area contributed by atoms with Crippen LogP contribution in [0.15, 0.2) is 92.0 Å². The van der Waals surface area contributed by atoms with E-state index in [2.05, 4.69) is 15.9 Å². The van der Waals surface area contributed by atoms with Crippen molar-refractivity contribution in [1.82, 2.24) is 18.9 Å². The Morgan fingerprint density at radius 3 is 2.38 bits per heavy atom. The summed E-state index contributed by atoms with van der Waals surface area (Å²) in [6, 6.07) is 22.2. The Morgan fingerprint density at radius 1 is 0.900 bits per heavy atom. The SMILES string of the molecule is Cc1cc(N2CCC(Sc3nc4ccccc4c(=O)n3-c3c(C)n(C)n(-c4ccccc4)c3=O)C2=O)ccc1Br. The van der Waals surface area contributed by atoms with Gasteiger partial charge in [-0.2, -0.15) is 0 Å². The van der Waals surface area contributed by atoms with Crippen molar-refractivity contribution in [2.24, 2.45) is 7.05 Å². The van der Waals surface area contributed by atoms with Gasteiger partial charge in [-0.1, -0.05) is 58.0 Å². The number of para-hydroxylation sites is 2. The molecule has 1 saturated heterocycles. The fraction of sp³-hybridized carbons (Fsp3) is 0.200. The molecule has 1 amide bonds. The van der Waals surface area contributed by atoms with Gasteiger partial charge >= 0.3 is 0 Å². The molecule has 1 atom stereocenters. The lowest BCUT2D eigenvalue weighted by molar-refractivity contribution is -0.116. The smallest absolute Gasteiger partial charge is 0.296 e. The molecule has 8 nitrogen and oxygen atoms in total. The second kappa shape index (κ2) is 10.3. The number of amides is 1. The zero-order valence-corrected chi connectivity index (χ0v) is 24.6. The summed E-state index contributed by atoms with van der Waals surface area (Å²) in [6.45, 7) is 4.35. The van der Waals surface area contributed by atoms with Crippen molar-refractivity contribution in [1.29, 1.82) is 0 Å². The maximum Gasteiger partial charge on any atom is 0.296 e. The monoisotopic (exact) mass is 615 g/mol. The van der Waals surface area contributed by atoms with E-state index in [1.165, 1.54) is 16.3 Å². The first-order valence-electron chi connectivity index (χ1n) is 12.9. The minimum Gasteiger partial charge on any atom is -0.311 e. The van der Waals surface area contributed by atoms with Crippen LogP contribution in [0.25, 0.3) is 22.3 Å². The van der Waals surface area contributed by atoms with Crippen LogP contribution in [0, 0.1) is 13.8 Å². The molecule has 0 bridgehead atoms. The van der Waals surface area contributed by atoms with Gasteiger partial charge in [-0.3, -0.25) is 19.1 Å². The molecule has 0 saturated carbocycles. The largest absolute Gasteiger partial charge is 0.311 e. The minimum absolute atomic E-state index is 0.0489. The quantitative estimate of drug-likeness (QED) is 0.255. The number of anilines is 1. The van der Waals surface area contributed by atoms with Crippen molar-refractivity contribution in [2.45, 2.75) is 30.7 Å². The molecule has 5 aromatic rings. The van der Waals surface area contributed by atoms with Crippen LogP contribution in [-0.4, -0.2) is 36.6 Å². The molecule has 6 rings (SSSR count). The molecule has 0 N–H and O–H groups in total. The first kappa shape index (κ1) is 26.3. The van der Waals surface area contributed by atoms with Crippen molar-refractivity contribution in [3.05, 3.63) is 109 Å². The molecule has 3 aromatic carbocycles. The van der Waals surface area contributed by atoms with E-state index in [9.17, 15) is 14.4 Å². The lowest BCUT2D eigenvalue weighted by atomic mass is 10.2. The molecule has 202 valence electrons. The first-order valence-corrected chi connectivity index (χ1v) is 14.5. The predicted octanol–water partition coefficient (Wildman–Crippen LogP) is 5.15. The van der Waals surface area contributed by atoms with E-state index in [1.54, 1.807) is 39.5 Å². The second-order valence-electron chi connectivity index (χ2n) is 9.78. The number of fused-ring (bicyclic) bond motifs is 1. The summed E-state index contributed by atoms with van der Waals surface area (Å²) in [5, 5.41) is 0.274. The summed E-state index contributed by atoms with van der Waals surface area (Å²) >= 11 is 4.76. The minimum atomic E-state index is -0.455. The Morgan fingerprint density at radius 2 is 1.62 bits per heavy atom. The Hall–Kier alpha value is -3.89. The zero-order chi connectivity index (χ0) is 28.1. The summed E-state index contributed by atoms with van der Waals surface area (Å²) < 4.78 is 5.65. The van der Waals surface area contributed by atoms with Gasteiger partial charge in [-0.05, 0) is 68.3 Å². The van der Waals surface area contributed by atoms with Gasteiger partial charge in [0.25, 0.3) is 11.1 Å². The third kappa shape index (κ3) is 4.31. The van der Waals surface area contributed by atoms with Crippen molar-refractivity contribution in [2.75, 3.05) is 11.4 Å². The Balaban J connectivity index is 1.48. The van der Waals surface area contributed by atoms with Crippen LogP contribution < -0.4 is 16.0 Å². The van der Waals surface area contributed by atoms with E-state index in [0.717, 1.165) is 15.7 Å². The van der Waals surface area contributed by atoms with E-state index < -0.39 is 5.25 Å². The fourth-order valence-electron chi connectivity index (χ4n) is 5.14. The van der Waals surface area contributed by atoms with Gasteiger partial charge in [0.05, 0.1) is 27.5 Å².